The summed E-state index contributed by atoms with van der Waals surface area (Å²) < 4.78 is 0. The van der Waals surface area contributed by atoms with Gasteiger partial charge in [-0.05, 0) is 86.4 Å². The average Bonchev–Trinajstić information content (AvgIpc) is 2.83. The summed E-state index contributed by atoms with van der Waals surface area (Å²) in [5.41, 5.74) is 1.05. The number of carbonyl (C=O) groups is 2. The smallest absolute Gasteiger partial charge is 0.234 e. The molecule has 0 radical (unpaired) electrons. The fraction of sp³-hybridized carbons (Fsp3) is 0.862. The standard InChI is InChI=1S/C29H60N6O2/c1-24(2)30-18-12-9-10-13-20-33-29(37)23-35(8)27(6)17-16-26(5)31-19-14-11-15-21-32-28(36)22-34(7)25(3)4/h24-25,27,30-31H,5,9-23H2,1-4,6-8H3,(H,32,36)(H,33,37). The van der Waals surface area contributed by atoms with E-state index in [2.05, 4.69) is 67.4 Å². The zero-order valence-electron chi connectivity index (χ0n) is 25.3. The van der Waals surface area contributed by atoms with Gasteiger partial charge in [-0.1, -0.05) is 33.3 Å². The van der Waals surface area contributed by atoms with Crippen LogP contribution in [-0.2, 0) is 9.59 Å². The maximum atomic E-state index is 12.2. The topological polar surface area (TPSA) is 88.7 Å². The molecule has 1 unspecified atom stereocenters. The maximum absolute atomic E-state index is 12.2. The Hall–Kier alpha value is -1.64. The third-order valence-electron chi connectivity index (χ3n) is 6.81. The molecule has 0 bridgehead atoms. The predicted octanol–water partition coefficient (Wildman–Crippen LogP) is 3.49. The van der Waals surface area contributed by atoms with Crippen LogP contribution in [0.25, 0.3) is 0 Å². The van der Waals surface area contributed by atoms with E-state index in [9.17, 15) is 9.59 Å². The van der Waals surface area contributed by atoms with E-state index in [1.54, 1.807) is 0 Å². The van der Waals surface area contributed by atoms with Crippen molar-refractivity contribution in [2.75, 3.05) is 53.4 Å². The first-order chi connectivity index (χ1) is 17.5. The van der Waals surface area contributed by atoms with Crippen LogP contribution in [0, 0.1) is 0 Å². The third-order valence-corrected chi connectivity index (χ3v) is 6.81. The summed E-state index contributed by atoms with van der Waals surface area (Å²) in [6.45, 7) is 19.2. The van der Waals surface area contributed by atoms with E-state index >= 15 is 0 Å². The van der Waals surface area contributed by atoms with Gasteiger partial charge >= 0.3 is 0 Å². The van der Waals surface area contributed by atoms with Crippen molar-refractivity contribution >= 4 is 11.8 Å². The van der Waals surface area contributed by atoms with E-state index in [1.807, 2.05) is 19.0 Å². The van der Waals surface area contributed by atoms with Gasteiger partial charge < -0.3 is 21.3 Å². The van der Waals surface area contributed by atoms with Crippen molar-refractivity contribution < 1.29 is 9.59 Å². The van der Waals surface area contributed by atoms with Crippen LogP contribution in [0.4, 0.5) is 0 Å². The molecule has 0 fully saturated rings. The average molecular weight is 525 g/mol. The molecule has 0 aromatic carbocycles. The molecule has 4 N–H and O–H groups in total. The van der Waals surface area contributed by atoms with Gasteiger partial charge in [0.2, 0.25) is 11.8 Å². The van der Waals surface area contributed by atoms with Gasteiger partial charge in [0.25, 0.3) is 0 Å². The molecule has 0 rings (SSSR count). The Labute approximate surface area is 228 Å². The minimum absolute atomic E-state index is 0.0973. The lowest BCUT2D eigenvalue weighted by Crippen LogP contribution is -2.39. The van der Waals surface area contributed by atoms with Gasteiger partial charge in [0.15, 0.2) is 0 Å². The van der Waals surface area contributed by atoms with Crippen LogP contribution in [0.2, 0.25) is 0 Å². The van der Waals surface area contributed by atoms with Gasteiger partial charge in [0.05, 0.1) is 13.1 Å². The highest BCUT2D eigenvalue weighted by Crippen LogP contribution is 2.08. The molecule has 0 aliphatic rings. The lowest BCUT2D eigenvalue weighted by Gasteiger charge is -2.24. The fourth-order valence-electron chi connectivity index (χ4n) is 3.74. The number of carbonyl (C=O) groups excluding carboxylic acids is 2. The summed E-state index contributed by atoms with van der Waals surface area (Å²) in [6.07, 6.45) is 9.61. The first-order valence-corrected chi connectivity index (χ1v) is 14.6. The summed E-state index contributed by atoms with van der Waals surface area (Å²) in [7, 11) is 3.98. The minimum Gasteiger partial charge on any atom is -0.389 e. The molecule has 0 saturated carbocycles. The Morgan fingerprint density at radius 2 is 1.14 bits per heavy atom. The number of nitrogens with one attached hydrogen (secondary N) is 4. The van der Waals surface area contributed by atoms with Gasteiger partial charge in [0.1, 0.15) is 0 Å². The van der Waals surface area contributed by atoms with E-state index in [-0.39, 0.29) is 11.8 Å². The summed E-state index contributed by atoms with van der Waals surface area (Å²) in [5, 5.41) is 12.9. The molecule has 1 atom stereocenters. The van der Waals surface area contributed by atoms with Crippen LogP contribution in [0.5, 0.6) is 0 Å². The monoisotopic (exact) mass is 524 g/mol. The normalized spacial score (nSPS) is 12.4. The van der Waals surface area contributed by atoms with E-state index < -0.39 is 0 Å². The number of amides is 2. The highest BCUT2D eigenvalue weighted by Gasteiger charge is 2.13. The van der Waals surface area contributed by atoms with Crippen molar-refractivity contribution in [1.29, 1.82) is 0 Å². The number of rotatable bonds is 24. The lowest BCUT2D eigenvalue weighted by atomic mass is 10.1. The molecule has 0 aromatic heterocycles. The molecular weight excluding hydrogens is 464 g/mol. The third kappa shape index (κ3) is 22.1. The van der Waals surface area contributed by atoms with Crippen molar-refractivity contribution in [3.05, 3.63) is 12.3 Å². The molecule has 0 aromatic rings. The second-order valence-electron chi connectivity index (χ2n) is 11.1. The Balaban J connectivity index is 3.72. The van der Waals surface area contributed by atoms with Crippen LogP contribution < -0.4 is 21.3 Å². The van der Waals surface area contributed by atoms with Crippen LogP contribution >= 0.6 is 0 Å². The van der Waals surface area contributed by atoms with Crippen molar-refractivity contribution in [2.45, 2.75) is 111 Å². The van der Waals surface area contributed by atoms with Gasteiger partial charge in [0, 0.05) is 43.5 Å². The molecule has 2 amide bonds. The first kappa shape index (κ1) is 35.4. The van der Waals surface area contributed by atoms with E-state index in [4.69, 9.17) is 0 Å². The summed E-state index contributed by atoms with van der Waals surface area (Å²) in [6, 6.07) is 1.24. The molecule has 0 aliphatic carbocycles. The molecule has 0 saturated heterocycles. The molecule has 0 spiro atoms. The highest BCUT2D eigenvalue weighted by atomic mass is 16.2. The Morgan fingerprint density at radius 1 is 0.676 bits per heavy atom. The van der Waals surface area contributed by atoms with Gasteiger partial charge in [-0.25, -0.2) is 0 Å². The Kier molecular flexibility index (Phi) is 21.4. The van der Waals surface area contributed by atoms with Crippen molar-refractivity contribution in [2.24, 2.45) is 0 Å². The van der Waals surface area contributed by atoms with Gasteiger partial charge in [-0.3, -0.25) is 19.4 Å². The van der Waals surface area contributed by atoms with Crippen molar-refractivity contribution in [3.8, 4) is 0 Å². The van der Waals surface area contributed by atoms with Gasteiger partial charge in [-0.2, -0.15) is 0 Å². The zero-order valence-corrected chi connectivity index (χ0v) is 25.3. The SMILES string of the molecule is C=C(CCC(C)N(C)CC(=O)NCCCCCCNC(C)C)NCCCCCNC(=O)CN(C)C(C)C. The van der Waals surface area contributed by atoms with Crippen LogP contribution in [0.3, 0.4) is 0 Å². The lowest BCUT2D eigenvalue weighted by molar-refractivity contribution is -0.123. The van der Waals surface area contributed by atoms with Crippen LogP contribution in [-0.4, -0.2) is 93.1 Å². The highest BCUT2D eigenvalue weighted by molar-refractivity contribution is 5.78. The molecule has 8 heteroatoms. The number of hydrogen-bond acceptors (Lipinski definition) is 6. The second-order valence-corrected chi connectivity index (χ2v) is 11.1. The van der Waals surface area contributed by atoms with E-state index in [0.717, 1.165) is 76.8 Å². The molecule has 0 aliphatic heterocycles. The zero-order chi connectivity index (χ0) is 28.1. The summed E-state index contributed by atoms with van der Waals surface area (Å²) in [4.78, 5) is 28.3. The predicted molar refractivity (Wildman–Crippen MR) is 158 cm³/mol. The largest absolute Gasteiger partial charge is 0.389 e. The number of unbranched alkanes of at least 4 members (excludes halogenated alkanes) is 5. The molecule has 0 heterocycles. The molecular formula is C29H60N6O2. The fourth-order valence-corrected chi connectivity index (χ4v) is 3.74. The van der Waals surface area contributed by atoms with E-state index in [0.29, 0.717) is 31.2 Å². The first-order valence-electron chi connectivity index (χ1n) is 14.6. The number of nitrogens with zero attached hydrogens (tertiary/aromatic N) is 2. The second kappa shape index (κ2) is 22.4. The maximum Gasteiger partial charge on any atom is 0.234 e. The van der Waals surface area contributed by atoms with Crippen LogP contribution in [0.15, 0.2) is 12.3 Å². The summed E-state index contributed by atoms with van der Waals surface area (Å²) in [5.74, 6) is 0.205. The van der Waals surface area contributed by atoms with Crippen molar-refractivity contribution in [3.63, 3.8) is 0 Å². The Bertz CT molecular complexity index is 611. The quantitative estimate of drug-likeness (QED) is 0.145. The van der Waals surface area contributed by atoms with Gasteiger partial charge in [-0.15, -0.1) is 0 Å². The molecule has 218 valence electrons. The number of hydrogen-bond donors (Lipinski definition) is 4. The molecule has 8 nitrogen and oxygen atoms in total. The molecule has 37 heavy (non-hydrogen) atoms. The number of allylic oxidation sites excluding steroid dienone is 1. The van der Waals surface area contributed by atoms with Crippen LogP contribution in [0.1, 0.15) is 92.4 Å². The van der Waals surface area contributed by atoms with E-state index in [1.165, 1.54) is 12.8 Å². The van der Waals surface area contributed by atoms with Crippen molar-refractivity contribution in [1.82, 2.24) is 31.1 Å². The summed E-state index contributed by atoms with van der Waals surface area (Å²) >= 11 is 0. The number of likely N-dealkylation sites (N-methyl/N-ethyl adjacent to an activating group) is 2. The Morgan fingerprint density at radius 3 is 1.65 bits per heavy atom. The minimum atomic E-state index is 0.0973.